The molecule has 0 aliphatic rings. The van der Waals surface area contributed by atoms with Gasteiger partial charge in [-0.2, -0.15) is 13.2 Å². The van der Waals surface area contributed by atoms with E-state index in [9.17, 15) is 18.0 Å². The van der Waals surface area contributed by atoms with Gasteiger partial charge in [0.1, 0.15) is 17.2 Å². The lowest BCUT2D eigenvalue weighted by atomic mass is 10.2. The van der Waals surface area contributed by atoms with Crippen molar-refractivity contribution in [1.82, 2.24) is 0 Å². The van der Waals surface area contributed by atoms with E-state index >= 15 is 0 Å². The zero-order valence-electron chi connectivity index (χ0n) is 14.0. The Morgan fingerprint density at radius 1 is 1.04 bits per heavy atom. The normalized spacial score (nSPS) is 11.3. The van der Waals surface area contributed by atoms with Crippen LogP contribution in [0.3, 0.4) is 0 Å². The molecule has 3 aromatic rings. The van der Waals surface area contributed by atoms with Crippen LogP contribution in [0.1, 0.15) is 20.8 Å². The molecule has 1 aromatic heterocycles. The van der Waals surface area contributed by atoms with E-state index in [0.29, 0.717) is 21.4 Å². The maximum atomic E-state index is 12.6. The number of nitrogens with one attached hydrogen (secondary N) is 1. The lowest BCUT2D eigenvalue weighted by molar-refractivity contribution is -0.137. The molecule has 0 saturated heterocycles. The fourth-order valence-corrected chi connectivity index (χ4v) is 3.56. The third kappa shape index (κ3) is 4.79. The summed E-state index contributed by atoms with van der Waals surface area (Å²) >= 11 is 13.4. The molecule has 0 aliphatic heterocycles. The molecule has 1 heterocycles. The van der Waals surface area contributed by atoms with E-state index in [2.05, 4.69) is 5.32 Å². The van der Waals surface area contributed by atoms with Crippen molar-refractivity contribution in [2.75, 3.05) is 5.32 Å². The molecule has 28 heavy (non-hydrogen) atoms. The van der Waals surface area contributed by atoms with Crippen molar-refractivity contribution in [1.29, 1.82) is 0 Å². The highest BCUT2D eigenvalue weighted by Gasteiger charge is 2.30. The number of carbonyl (C=O) groups is 1. The Bertz CT molecular complexity index is 967. The standard InChI is InChI=1S/C19H12Cl2F3NO2S/c20-14-2-1-3-15(21)13(14)10-27-16-8-9-28-17(16)18(26)25-12-6-4-11(5-7-12)19(22,23)24/h1-9H,10H2,(H,25,26). The number of anilines is 1. The van der Waals surface area contributed by atoms with Crippen LogP contribution in [0.4, 0.5) is 18.9 Å². The van der Waals surface area contributed by atoms with E-state index < -0.39 is 17.6 Å². The second kappa shape index (κ2) is 8.43. The second-order valence-corrected chi connectivity index (χ2v) is 7.36. The molecular formula is C19H12Cl2F3NO2S. The van der Waals surface area contributed by atoms with Crippen LogP contribution in [0.5, 0.6) is 5.75 Å². The topological polar surface area (TPSA) is 38.3 Å². The van der Waals surface area contributed by atoms with Gasteiger partial charge in [0.05, 0.1) is 5.56 Å². The molecule has 0 bridgehead atoms. The zero-order chi connectivity index (χ0) is 20.3. The average molecular weight is 446 g/mol. The van der Waals surface area contributed by atoms with Gasteiger partial charge >= 0.3 is 6.18 Å². The fraction of sp³-hybridized carbons (Fsp3) is 0.105. The van der Waals surface area contributed by atoms with Crippen molar-refractivity contribution < 1.29 is 22.7 Å². The van der Waals surface area contributed by atoms with Crippen molar-refractivity contribution in [2.24, 2.45) is 0 Å². The molecule has 9 heteroatoms. The first kappa shape index (κ1) is 20.5. The molecule has 146 valence electrons. The second-order valence-electron chi connectivity index (χ2n) is 5.63. The van der Waals surface area contributed by atoms with Crippen LogP contribution in [0.15, 0.2) is 53.9 Å². The largest absolute Gasteiger partial charge is 0.487 e. The lowest BCUT2D eigenvalue weighted by Gasteiger charge is -2.11. The summed E-state index contributed by atoms with van der Waals surface area (Å²) in [7, 11) is 0. The highest BCUT2D eigenvalue weighted by atomic mass is 35.5. The molecule has 1 N–H and O–H groups in total. The molecule has 0 atom stereocenters. The van der Waals surface area contributed by atoms with Gasteiger partial charge in [-0.25, -0.2) is 0 Å². The molecule has 0 fully saturated rings. The summed E-state index contributed by atoms with van der Waals surface area (Å²) < 4.78 is 43.5. The number of hydrogen-bond acceptors (Lipinski definition) is 3. The number of rotatable bonds is 5. The molecule has 3 nitrogen and oxygen atoms in total. The van der Waals surface area contributed by atoms with Crippen LogP contribution < -0.4 is 10.1 Å². The molecule has 0 aliphatic carbocycles. The highest BCUT2D eigenvalue weighted by Crippen LogP contribution is 2.32. The van der Waals surface area contributed by atoms with Crippen LogP contribution in [0.25, 0.3) is 0 Å². The Kier molecular flexibility index (Phi) is 6.17. The summed E-state index contributed by atoms with van der Waals surface area (Å²) in [4.78, 5) is 12.7. The number of thiophene rings is 1. The number of alkyl halides is 3. The third-order valence-corrected chi connectivity index (χ3v) is 5.34. The first-order valence-electron chi connectivity index (χ1n) is 7.87. The minimum atomic E-state index is -4.43. The number of halogens is 5. The quantitative estimate of drug-likeness (QED) is 0.463. The molecule has 1 amide bonds. The van der Waals surface area contributed by atoms with Gasteiger partial charge < -0.3 is 10.1 Å². The maximum Gasteiger partial charge on any atom is 0.416 e. The SMILES string of the molecule is O=C(Nc1ccc(C(F)(F)F)cc1)c1sccc1OCc1c(Cl)cccc1Cl. The summed E-state index contributed by atoms with van der Waals surface area (Å²) in [6.45, 7) is 0.0653. The molecule has 2 aromatic carbocycles. The lowest BCUT2D eigenvalue weighted by Crippen LogP contribution is -2.12. The van der Waals surface area contributed by atoms with E-state index in [-0.39, 0.29) is 17.2 Å². The van der Waals surface area contributed by atoms with Gasteiger partial charge in [-0.3, -0.25) is 4.79 Å². The van der Waals surface area contributed by atoms with E-state index in [4.69, 9.17) is 27.9 Å². The summed E-state index contributed by atoms with van der Waals surface area (Å²) in [6.07, 6.45) is -4.43. The van der Waals surface area contributed by atoms with Crippen molar-refractivity contribution in [3.8, 4) is 5.75 Å². The van der Waals surface area contributed by atoms with Gasteiger partial charge in [0.25, 0.3) is 5.91 Å². The molecular weight excluding hydrogens is 434 g/mol. The molecule has 0 spiro atoms. The van der Waals surface area contributed by atoms with Crippen molar-refractivity contribution in [3.05, 3.63) is 80.0 Å². The first-order chi connectivity index (χ1) is 13.3. The van der Waals surface area contributed by atoms with Gasteiger partial charge in [-0.1, -0.05) is 29.3 Å². The molecule has 0 radical (unpaired) electrons. The maximum absolute atomic E-state index is 12.6. The average Bonchev–Trinajstić information content (AvgIpc) is 3.10. The Morgan fingerprint density at radius 3 is 2.29 bits per heavy atom. The van der Waals surface area contributed by atoms with Crippen molar-refractivity contribution in [3.63, 3.8) is 0 Å². The fourth-order valence-electron chi connectivity index (χ4n) is 2.33. The van der Waals surface area contributed by atoms with Crippen molar-refractivity contribution in [2.45, 2.75) is 12.8 Å². The van der Waals surface area contributed by atoms with Crippen molar-refractivity contribution >= 4 is 46.1 Å². The first-order valence-corrected chi connectivity index (χ1v) is 9.51. The van der Waals surface area contributed by atoms with E-state index in [1.165, 1.54) is 12.1 Å². The Morgan fingerprint density at radius 2 is 1.68 bits per heavy atom. The predicted octanol–water partition coefficient (Wildman–Crippen LogP) is 6.91. The summed E-state index contributed by atoms with van der Waals surface area (Å²) in [5.41, 5.74) is 0.0416. The minimum absolute atomic E-state index is 0.0653. The van der Waals surface area contributed by atoms with Crippen LogP contribution in [-0.4, -0.2) is 5.91 Å². The smallest absolute Gasteiger partial charge is 0.416 e. The molecule has 0 unspecified atom stereocenters. The Balaban J connectivity index is 1.70. The number of carbonyl (C=O) groups excluding carboxylic acids is 1. The van der Waals surface area contributed by atoms with Crippen LogP contribution >= 0.6 is 34.5 Å². The monoisotopic (exact) mass is 445 g/mol. The summed E-state index contributed by atoms with van der Waals surface area (Å²) in [5, 5.41) is 5.11. The predicted molar refractivity (Wildman–Crippen MR) is 105 cm³/mol. The van der Waals surface area contributed by atoms with E-state index in [0.717, 1.165) is 23.5 Å². The van der Waals surface area contributed by atoms with Gasteiger partial charge in [0.2, 0.25) is 0 Å². The number of hydrogen-bond donors (Lipinski definition) is 1. The Hall–Kier alpha value is -2.22. The van der Waals surface area contributed by atoms with Crippen LogP contribution in [0, 0.1) is 0 Å². The zero-order valence-corrected chi connectivity index (χ0v) is 16.3. The summed E-state index contributed by atoms with van der Waals surface area (Å²) in [5.74, 6) is -0.166. The van der Waals surface area contributed by atoms with E-state index in [1.54, 1.807) is 29.6 Å². The van der Waals surface area contributed by atoms with Gasteiger partial charge in [0.15, 0.2) is 0 Å². The third-order valence-electron chi connectivity index (χ3n) is 3.74. The van der Waals surface area contributed by atoms with Gasteiger partial charge in [0, 0.05) is 21.3 Å². The number of ether oxygens (including phenoxy) is 1. The molecule has 0 saturated carbocycles. The van der Waals surface area contributed by atoms with Crippen LogP contribution in [-0.2, 0) is 12.8 Å². The summed E-state index contributed by atoms with van der Waals surface area (Å²) in [6, 6.07) is 10.9. The number of amides is 1. The van der Waals surface area contributed by atoms with E-state index in [1.807, 2.05) is 0 Å². The number of benzene rings is 2. The minimum Gasteiger partial charge on any atom is -0.487 e. The van der Waals surface area contributed by atoms with Crippen LogP contribution in [0.2, 0.25) is 10.0 Å². The Labute approximate surface area is 172 Å². The molecule has 3 rings (SSSR count). The van der Waals surface area contributed by atoms with Gasteiger partial charge in [-0.15, -0.1) is 11.3 Å². The highest BCUT2D eigenvalue weighted by molar-refractivity contribution is 7.12. The van der Waals surface area contributed by atoms with Gasteiger partial charge in [-0.05, 0) is 47.8 Å².